The van der Waals surface area contributed by atoms with E-state index in [2.05, 4.69) is 6.07 Å². The average Bonchev–Trinajstić information content (AvgIpc) is 2.59. The molecule has 22 heavy (non-hydrogen) atoms. The van der Waals surface area contributed by atoms with Gasteiger partial charge in [-0.3, -0.25) is 0 Å². The van der Waals surface area contributed by atoms with Gasteiger partial charge in [0.2, 0.25) is 0 Å². The first-order chi connectivity index (χ1) is 10.9. The zero-order valence-electron chi connectivity index (χ0n) is 12.0. The fourth-order valence-corrected chi connectivity index (χ4v) is 2.32. The number of para-hydroxylation sites is 1. The highest BCUT2D eigenvalue weighted by Gasteiger charge is 2.08. The highest BCUT2D eigenvalue weighted by molar-refractivity contribution is 5.90. The van der Waals surface area contributed by atoms with Gasteiger partial charge in [-0.15, -0.1) is 0 Å². The zero-order valence-corrected chi connectivity index (χ0v) is 12.0. The Labute approximate surface area is 129 Å². The number of benzene rings is 3. The Hall–Kier alpha value is -2.99. The van der Waals surface area contributed by atoms with E-state index in [0.29, 0.717) is 24.5 Å². The summed E-state index contributed by atoms with van der Waals surface area (Å²) < 4.78 is 11.3. The van der Waals surface area contributed by atoms with Crippen molar-refractivity contribution in [1.82, 2.24) is 0 Å². The Morgan fingerprint density at radius 3 is 2.32 bits per heavy atom. The van der Waals surface area contributed by atoms with E-state index in [4.69, 9.17) is 9.47 Å². The molecule has 0 saturated heterocycles. The molecule has 0 amide bonds. The average molecular weight is 289 g/mol. The highest BCUT2D eigenvalue weighted by atomic mass is 16.5. The normalized spacial score (nSPS) is 10.1. The summed E-state index contributed by atoms with van der Waals surface area (Å²) in [4.78, 5) is 0. The molecule has 3 aromatic carbocycles. The van der Waals surface area contributed by atoms with Crippen LogP contribution in [0.5, 0.6) is 11.5 Å². The first kappa shape index (κ1) is 14.0. The smallest absolute Gasteiger partial charge is 0.137 e. The van der Waals surface area contributed by atoms with Gasteiger partial charge in [0.25, 0.3) is 0 Å². The van der Waals surface area contributed by atoms with Gasteiger partial charge in [-0.05, 0) is 23.6 Å². The van der Waals surface area contributed by atoms with Crippen LogP contribution in [0, 0.1) is 11.3 Å². The number of hydrogen-bond donors (Lipinski definition) is 0. The standard InChI is InChI=1S/C19H15NO2/c20-14-18-17-9-5-4-6-15(17)10-11-19(18)22-13-12-21-16-7-2-1-3-8-16/h1-11H,12-13H2. The predicted octanol–water partition coefficient (Wildman–Crippen LogP) is 4.17. The molecule has 0 heterocycles. The van der Waals surface area contributed by atoms with Gasteiger partial charge >= 0.3 is 0 Å². The van der Waals surface area contributed by atoms with Crippen molar-refractivity contribution >= 4 is 10.8 Å². The second-order valence-corrected chi connectivity index (χ2v) is 4.78. The van der Waals surface area contributed by atoms with Gasteiger partial charge in [0.05, 0.1) is 0 Å². The molecular weight excluding hydrogens is 274 g/mol. The van der Waals surface area contributed by atoms with E-state index in [9.17, 15) is 5.26 Å². The van der Waals surface area contributed by atoms with Crippen LogP contribution in [-0.4, -0.2) is 13.2 Å². The number of ether oxygens (including phenoxy) is 2. The Bertz CT molecular complexity index is 807. The molecule has 0 aliphatic carbocycles. The van der Waals surface area contributed by atoms with E-state index in [0.717, 1.165) is 16.5 Å². The van der Waals surface area contributed by atoms with Gasteiger partial charge in [0.15, 0.2) is 0 Å². The first-order valence-electron chi connectivity index (χ1n) is 7.11. The molecule has 0 aromatic heterocycles. The topological polar surface area (TPSA) is 42.2 Å². The lowest BCUT2D eigenvalue weighted by Gasteiger charge is -2.11. The van der Waals surface area contributed by atoms with Gasteiger partial charge < -0.3 is 9.47 Å². The lowest BCUT2D eigenvalue weighted by Crippen LogP contribution is -2.09. The maximum absolute atomic E-state index is 9.39. The van der Waals surface area contributed by atoms with Gasteiger partial charge in [0, 0.05) is 5.39 Å². The van der Waals surface area contributed by atoms with Crippen LogP contribution in [0.25, 0.3) is 10.8 Å². The zero-order chi connectivity index (χ0) is 15.2. The summed E-state index contributed by atoms with van der Waals surface area (Å²) in [7, 11) is 0. The minimum absolute atomic E-state index is 0.391. The SMILES string of the molecule is N#Cc1c(OCCOc2ccccc2)ccc2ccccc12. The first-order valence-corrected chi connectivity index (χ1v) is 7.11. The number of hydrogen-bond acceptors (Lipinski definition) is 3. The van der Waals surface area contributed by atoms with Crippen molar-refractivity contribution in [3.63, 3.8) is 0 Å². The van der Waals surface area contributed by atoms with E-state index in [1.54, 1.807) is 0 Å². The minimum atomic E-state index is 0.391. The van der Waals surface area contributed by atoms with E-state index in [-0.39, 0.29) is 0 Å². The van der Waals surface area contributed by atoms with Crippen LogP contribution >= 0.6 is 0 Å². The van der Waals surface area contributed by atoms with Crippen LogP contribution in [0.15, 0.2) is 66.7 Å². The number of nitriles is 1. The summed E-state index contributed by atoms with van der Waals surface area (Å²) in [5, 5.41) is 11.3. The molecule has 0 saturated carbocycles. The Morgan fingerprint density at radius 1 is 0.773 bits per heavy atom. The lowest BCUT2D eigenvalue weighted by atomic mass is 10.0. The Kier molecular flexibility index (Phi) is 4.22. The van der Waals surface area contributed by atoms with Crippen molar-refractivity contribution < 1.29 is 9.47 Å². The van der Waals surface area contributed by atoms with Crippen LogP contribution in [0.3, 0.4) is 0 Å². The molecule has 108 valence electrons. The molecule has 0 spiro atoms. The predicted molar refractivity (Wildman–Crippen MR) is 86.1 cm³/mol. The van der Waals surface area contributed by atoms with E-state index >= 15 is 0 Å². The molecule has 0 atom stereocenters. The molecule has 3 nitrogen and oxygen atoms in total. The number of nitrogens with zero attached hydrogens (tertiary/aromatic N) is 1. The quantitative estimate of drug-likeness (QED) is 0.662. The van der Waals surface area contributed by atoms with Crippen LogP contribution in [0.2, 0.25) is 0 Å². The highest BCUT2D eigenvalue weighted by Crippen LogP contribution is 2.27. The summed E-state index contributed by atoms with van der Waals surface area (Å²) >= 11 is 0. The summed E-state index contributed by atoms with van der Waals surface area (Å²) in [5.41, 5.74) is 0.567. The van der Waals surface area contributed by atoms with Gasteiger partial charge in [-0.25, -0.2) is 0 Å². The number of fused-ring (bicyclic) bond motifs is 1. The molecule has 0 fully saturated rings. The largest absolute Gasteiger partial charge is 0.490 e. The second-order valence-electron chi connectivity index (χ2n) is 4.78. The van der Waals surface area contributed by atoms with Crippen LogP contribution < -0.4 is 9.47 Å². The molecule has 3 heteroatoms. The molecule has 0 unspecified atom stereocenters. The van der Waals surface area contributed by atoms with Gasteiger partial charge in [-0.1, -0.05) is 48.5 Å². The fourth-order valence-electron chi connectivity index (χ4n) is 2.32. The van der Waals surface area contributed by atoms with Gasteiger partial charge in [0.1, 0.15) is 36.3 Å². The molecule has 0 bridgehead atoms. The van der Waals surface area contributed by atoms with E-state index < -0.39 is 0 Å². The molecule has 0 N–H and O–H groups in total. The third-order valence-corrected chi connectivity index (χ3v) is 3.36. The Balaban J connectivity index is 1.68. The van der Waals surface area contributed by atoms with Crippen LogP contribution in [-0.2, 0) is 0 Å². The maximum Gasteiger partial charge on any atom is 0.137 e. The van der Waals surface area contributed by atoms with Crippen molar-refractivity contribution in [3.8, 4) is 17.6 Å². The van der Waals surface area contributed by atoms with E-state index in [1.807, 2.05) is 66.7 Å². The summed E-state index contributed by atoms with van der Waals surface area (Å²) in [5.74, 6) is 1.41. The molecule has 0 aliphatic rings. The number of rotatable bonds is 5. The van der Waals surface area contributed by atoms with Crippen molar-refractivity contribution in [2.75, 3.05) is 13.2 Å². The second kappa shape index (κ2) is 6.64. The summed E-state index contributed by atoms with van der Waals surface area (Å²) in [6.45, 7) is 0.823. The van der Waals surface area contributed by atoms with Crippen LogP contribution in [0.1, 0.15) is 5.56 Å². The van der Waals surface area contributed by atoms with Crippen molar-refractivity contribution in [2.24, 2.45) is 0 Å². The molecule has 3 aromatic rings. The summed E-state index contributed by atoms with van der Waals surface area (Å²) in [6.07, 6.45) is 0. The van der Waals surface area contributed by atoms with E-state index in [1.165, 1.54) is 0 Å². The maximum atomic E-state index is 9.39. The Morgan fingerprint density at radius 2 is 1.50 bits per heavy atom. The van der Waals surface area contributed by atoms with Crippen molar-refractivity contribution in [3.05, 3.63) is 72.3 Å². The summed E-state index contributed by atoms with van der Waals surface area (Å²) in [6, 6.07) is 23.4. The fraction of sp³-hybridized carbons (Fsp3) is 0.105. The molecular formula is C19H15NO2. The van der Waals surface area contributed by atoms with Crippen molar-refractivity contribution in [2.45, 2.75) is 0 Å². The molecule has 3 rings (SSSR count). The minimum Gasteiger partial charge on any atom is -0.490 e. The molecule has 0 radical (unpaired) electrons. The third kappa shape index (κ3) is 3.02. The van der Waals surface area contributed by atoms with Gasteiger partial charge in [-0.2, -0.15) is 5.26 Å². The van der Waals surface area contributed by atoms with Crippen molar-refractivity contribution in [1.29, 1.82) is 5.26 Å². The third-order valence-electron chi connectivity index (χ3n) is 3.36. The monoisotopic (exact) mass is 289 g/mol. The molecule has 0 aliphatic heterocycles. The lowest BCUT2D eigenvalue weighted by molar-refractivity contribution is 0.217. The van der Waals surface area contributed by atoms with Crippen LogP contribution in [0.4, 0.5) is 0 Å².